The zero-order valence-electron chi connectivity index (χ0n) is 9.94. The number of aromatic nitrogens is 2. The standard InChI is InChI=1S/C11H20N4/c1-8(2)10-5-6-11(14-13-10)15(4)7-9(3)12/h5-6,8-9H,7,12H2,1-4H3. The Balaban J connectivity index is 2.71. The summed E-state index contributed by atoms with van der Waals surface area (Å²) >= 11 is 0. The first kappa shape index (κ1) is 11.9. The Kier molecular flexibility index (Phi) is 4.03. The second-order valence-electron chi connectivity index (χ2n) is 4.33. The average molecular weight is 208 g/mol. The number of nitrogens with zero attached hydrogens (tertiary/aromatic N) is 3. The summed E-state index contributed by atoms with van der Waals surface area (Å²) in [7, 11) is 1.97. The van der Waals surface area contributed by atoms with Crippen LogP contribution in [0, 0.1) is 0 Å². The number of hydrogen-bond acceptors (Lipinski definition) is 4. The molecule has 0 saturated heterocycles. The van der Waals surface area contributed by atoms with Crippen LogP contribution in [0.25, 0.3) is 0 Å². The molecule has 4 heteroatoms. The molecule has 1 aromatic heterocycles. The van der Waals surface area contributed by atoms with E-state index in [1.54, 1.807) is 0 Å². The van der Waals surface area contributed by atoms with Gasteiger partial charge in [-0.15, -0.1) is 5.10 Å². The van der Waals surface area contributed by atoms with E-state index >= 15 is 0 Å². The quantitative estimate of drug-likeness (QED) is 0.812. The van der Waals surface area contributed by atoms with Crippen LogP contribution in [0.2, 0.25) is 0 Å². The molecular formula is C11H20N4. The summed E-state index contributed by atoms with van der Waals surface area (Å²) in [5.41, 5.74) is 6.74. The zero-order chi connectivity index (χ0) is 11.4. The van der Waals surface area contributed by atoms with Gasteiger partial charge in [0, 0.05) is 19.6 Å². The maximum absolute atomic E-state index is 5.72. The van der Waals surface area contributed by atoms with Crippen molar-refractivity contribution in [3.05, 3.63) is 17.8 Å². The first-order chi connectivity index (χ1) is 7.00. The molecule has 0 aliphatic rings. The molecule has 0 spiro atoms. The Morgan fingerprint density at radius 1 is 1.27 bits per heavy atom. The lowest BCUT2D eigenvalue weighted by Gasteiger charge is -2.19. The number of rotatable bonds is 4. The second kappa shape index (κ2) is 5.07. The summed E-state index contributed by atoms with van der Waals surface area (Å²) in [4.78, 5) is 2.02. The Bertz CT molecular complexity index is 292. The van der Waals surface area contributed by atoms with Crippen LogP contribution in [0.1, 0.15) is 32.4 Å². The van der Waals surface area contributed by atoms with Gasteiger partial charge in [-0.05, 0) is 25.0 Å². The molecule has 4 nitrogen and oxygen atoms in total. The highest BCUT2D eigenvalue weighted by atomic mass is 15.2. The van der Waals surface area contributed by atoms with Crippen LogP contribution in [-0.2, 0) is 0 Å². The van der Waals surface area contributed by atoms with E-state index < -0.39 is 0 Å². The van der Waals surface area contributed by atoms with Crippen LogP contribution in [0.4, 0.5) is 5.82 Å². The van der Waals surface area contributed by atoms with Crippen LogP contribution in [-0.4, -0.2) is 29.8 Å². The number of likely N-dealkylation sites (N-methyl/N-ethyl adjacent to an activating group) is 1. The summed E-state index contributed by atoms with van der Waals surface area (Å²) in [5.74, 6) is 1.29. The van der Waals surface area contributed by atoms with Crippen molar-refractivity contribution in [1.29, 1.82) is 0 Å². The molecule has 84 valence electrons. The summed E-state index contributed by atoms with van der Waals surface area (Å²) in [6.45, 7) is 6.98. The van der Waals surface area contributed by atoms with E-state index in [0.717, 1.165) is 18.1 Å². The number of anilines is 1. The van der Waals surface area contributed by atoms with E-state index in [9.17, 15) is 0 Å². The number of hydrogen-bond donors (Lipinski definition) is 1. The largest absolute Gasteiger partial charge is 0.357 e. The smallest absolute Gasteiger partial charge is 0.151 e. The van der Waals surface area contributed by atoms with Gasteiger partial charge in [-0.2, -0.15) is 5.10 Å². The Hall–Kier alpha value is -1.16. The summed E-state index contributed by atoms with van der Waals surface area (Å²) < 4.78 is 0. The van der Waals surface area contributed by atoms with E-state index in [1.165, 1.54) is 0 Å². The molecule has 0 radical (unpaired) electrons. The van der Waals surface area contributed by atoms with Crippen LogP contribution < -0.4 is 10.6 Å². The molecule has 0 aliphatic heterocycles. The van der Waals surface area contributed by atoms with Gasteiger partial charge < -0.3 is 10.6 Å². The molecule has 0 bridgehead atoms. The van der Waals surface area contributed by atoms with Crippen molar-refractivity contribution in [2.45, 2.75) is 32.7 Å². The fourth-order valence-corrected chi connectivity index (χ4v) is 1.37. The second-order valence-corrected chi connectivity index (χ2v) is 4.33. The van der Waals surface area contributed by atoms with E-state index in [4.69, 9.17) is 5.73 Å². The predicted molar refractivity (Wildman–Crippen MR) is 63.0 cm³/mol. The van der Waals surface area contributed by atoms with Gasteiger partial charge in [-0.25, -0.2) is 0 Å². The third-order valence-electron chi connectivity index (χ3n) is 2.22. The van der Waals surface area contributed by atoms with Gasteiger partial charge in [0.1, 0.15) is 0 Å². The van der Waals surface area contributed by atoms with Crippen molar-refractivity contribution in [1.82, 2.24) is 10.2 Å². The zero-order valence-corrected chi connectivity index (χ0v) is 9.94. The van der Waals surface area contributed by atoms with Crippen molar-refractivity contribution < 1.29 is 0 Å². The van der Waals surface area contributed by atoms with E-state index in [2.05, 4.69) is 24.0 Å². The molecule has 1 unspecified atom stereocenters. The van der Waals surface area contributed by atoms with E-state index in [1.807, 2.05) is 31.0 Å². The fraction of sp³-hybridized carbons (Fsp3) is 0.636. The highest BCUT2D eigenvalue weighted by Gasteiger charge is 2.06. The molecule has 0 fully saturated rings. The third kappa shape index (κ3) is 3.47. The fourth-order valence-electron chi connectivity index (χ4n) is 1.37. The highest BCUT2D eigenvalue weighted by Crippen LogP contribution is 2.13. The molecule has 1 aromatic rings. The molecule has 0 saturated carbocycles. The Morgan fingerprint density at radius 3 is 2.33 bits per heavy atom. The average Bonchev–Trinajstić information content (AvgIpc) is 2.17. The minimum atomic E-state index is 0.140. The molecule has 1 rings (SSSR count). The molecule has 15 heavy (non-hydrogen) atoms. The SMILES string of the molecule is CC(N)CN(C)c1ccc(C(C)C)nn1. The minimum Gasteiger partial charge on any atom is -0.357 e. The van der Waals surface area contributed by atoms with Gasteiger partial charge in [0.25, 0.3) is 0 Å². The van der Waals surface area contributed by atoms with E-state index in [0.29, 0.717) is 5.92 Å². The summed E-state index contributed by atoms with van der Waals surface area (Å²) in [5, 5.41) is 8.35. The topological polar surface area (TPSA) is 55.0 Å². The van der Waals surface area contributed by atoms with Gasteiger partial charge in [0.05, 0.1) is 5.69 Å². The van der Waals surface area contributed by atoms with Gasteiger partial charge in [-0.1, -0.05) is 13.8 Å². The molecule has 0 amide bonds. The summed E-state index contributed by atoms with van der Waals surface area (Å²) in [6.07, 6.45) is 0. The first-order valence-corrected chi connectivity index (χ1v) is 5.31. The van der Waals surface area contributed by atoms with Crippen molar-refractivity contribution in [2.75, 3.05) is 18.5 Å². The lowest BCUT2D eigenvalue weighted by atomic mass is 10.1. The lowest BCUT2D eigenvalue weighted by molar-refractivity contribution is 0.701. The Labute approximate surface area is 91.5 Å². The van der Waals surface area contributed by atoms with Crippen LogP contribution in [0.15, 0.2) is 12.1 Å². The predicted octanol–water partition coefficient (Wildman–Crippen LogP) is 1.38. The first-order valence-electron chi connectivity index (χ1n) is 5.31. The van der Waals surface area contributed by atoms with Crippen molar-refractivity contribution in [2.24, 2.45) is 5.73 Å². The Morgan fingerprint density at radius 2 is 1.93 bits per heavy atom. The number of nitrogens with two attached hydrogens (primary N) is 1. The van der Waals surface area contributed by atoms with Gasteiger partial charge in [-0.3, -0.25) is 0 Å². The monoisotopic (exact) mass is 208 g/mol. The van der Waals surface area contributed by atoms with Gasteiger partial charge in [0.2, 0.25) is 0 Å². The third-order valence-corrected chi connectivity index (χ3v) is 2.22. The van der Waals surface area contributed by atoms with Crippen molar-refractivity contribution in [3.63, 3.8) is 0 Å². The van der Waals surface area contributed by atoms with Crippen LogP contribution in [0.3, 0.4) is 0 Å². The van der Waals surface area contributed by atoms with Crippen LogP contribution in [0.5, 0.6) is 0 Å². The maximum atomic E-state index is 5.72. The maximum Gasteiger partial charge on any atom is 0.151 e. The lowest BCUT2D eigenvalue weighted by Crippen LogP contribution is -2.33. The van der Waals surface area contributed by atoms with Crippen molar-refractivity contribution in [3.8, 4) is 0 Å². The van der Waals surface area contributed by atoms with Gasteiger partial charge >= 0.3 is 0 Å². The molecule has 2 N–H and O–H groups in total. The molecule has 1 heterocycles. The molecule has 0 aliphatic carbocycles. The molecule has 0 aromatic carbocycles. The highest BCUT2D eigenvalue weighted by molar-refractivity contribution is 5.36. The summed E-state index contributed by atoms with van der Waals surface area (Å²) in [6, 6.07) is 4.15. The molecule has 1 atom stereocenters. The van der Waals surface area contributed by atoms with Crippen LogP contribution >= 0.6 is 0 Å². The minimum absolute atomic E-state index is 0.140. The van der Waals surface area contributed by atoms with E-state index in [-0.39, 0.29) is 6.04 Å². The van der Waals surface area contributed by atoms with Crippen molar-refractivity contribution >= 4 is 5.82 Å². The van der Waals surface area contributed by atoms with Gasteiger partial charge in [0.15, 0.2) is 5.82 Å². The normalized spacial score (nSPS) is 12.9. The molecular weight excluding hydrogens is 188 g/mol.